The van der Waals surface area contributed by atoms with Crippen LogP contribution < -0.4 is 15.4 Å². The number of hydrogen-bond acceptors (Lipinski definition) is 7. The number of pyridine rings is 1. The maximum Gasteiger partial charge on any atom is 0.211 e. The van der Waals surface area contributed by atoms with Gasteiger partial charge in [0.1, 0.15) is 11.6 Å². The lowest BCUT2D eigenvalue weighted by Crippen LogP contribution is -2.48. The van der Waals surface area contributed by atoms with Crippen LogP contribution in [0.25, 0.3) is 5.65 Å². The predicted molar refractivity (Wildman–Crippen MR) is 168 cm³/mol. The quantitative estimate of drug-likeness (QED) is 0.272. The van der Waals surface area contributed by atoms with Crippen molar-refractivity contribution in [3.63, 3.8) is 0 Å². The van der Waals surface area contributed by atoms with Crippen molar-refractivity contribution in [3.8, 4) is 0 Å². The average molecular weight is 628 g/mol. The number of imidazole rings is 1. The van der Waals surface area contributed by atoms with E-state index in [4.69, 9.17) is 22.3 Å². The van der Waals surface area contributed by atoms with Gasteiger partial charge in [0.15, 0.2) is 5.65 Å². The highest BCUT2D eigenvalue weighted by Gasteiger charge is 2.49. The Morgan fingerprint density at radius 2 is 1.93 bits per heavy atom. The van der Waals surface area contributed by atoms with Crippen molar-refractivity contribution in [3.05, 3.63) is 70.0 Å². The summed E-state index contributed by atoms with van der Waals surface area (Å²) >= 11 is 7.92. The molecule has 1 saturated heterocycles. The summed E-state index contributed by atoms with van der Waals surface area (Å²) in [6, 6.07) is 5.35. The molecule has 2 aliphatic rings. The maximum atomic E-state index is 14.6. The van der Waals surface area contributed by atoms with E-state index in [2.05, 4.69) is 19.6 Å². The third kappa shape index (κ3) is 5.08. The fourth-order valence-corrected chi connectivity index (χ4v) is 8.24. The number of nitrogens with zero attached hydrogens (tertiary/aromatic N) is 5. The minimum absolute atomic E-state index is 0.117. The van der Waals surface area contributed by atoms with Crippen molar-refractivity contribution in [2.45, 2.75) is 74.5 Å². The number of piperidine rings is 1. The Balaban J connectivity index is 1.30. The standard InChI is InChI=1S/C30H35ClFN7OS2/c1-17-14-20-19(15-21(17)32)16-30(25(20)37-42(40)29(3,4)5)7-11-38(12-8-30)28-36-18(2)24(27-35-10-13-39(27)28)41-22-6-9-34-26(33)23(22)31/h6,9-10,13-15,25,37H,7-8,11-12,16H2,1-5H3,(H2,33,34)/t25-,42?/m1/s1. The number of aryl methyl sites for hydroxylation is 2. The molecule has 1 aromatic carbocycles. The first kappa shape index (κ1) is 29.3. The van der Waals surface area contributed by atoms with Crippen LogP contribution in [0.1, 0.15) is 62.0 Å². The van der Waals surface area contributed by atoms with Crippen LogP contribution in [0.15, 0.2) is 46.6 Å². The smallest absolute Gasteiger partial charge is 0.211 e. The van der Waals surface area contributed by atoms with Gasteiger partial charge in [-0.3, -0.25) is 4.40 Å². The Hall–Kier alpha value is -2.73. The number of rotatable bonds is 5. The monoisotopic (exact) mass is 627 g/mol. The minimum Gasteiger partial charge on any atom is -0.382 e. The summed E-state index contributed by atoms with van der Waals surface area (Å²) in [5.41, 5.74) is 10.1. The van der Waals surface area contributed by atoms with Crippen LogP contribution in [0.3, 0.4) is 0 Å². The molecule has 0 saturated carbocycles. The number of anilines is 2. The lowest BCUT2D eigenvalue weighted by Gasteiger charge is -2.44. The van der Waals surface area contributed by atoms with Gasteiger partial charge < -0.3 is 10.6 Å². The Labute approximate surface area is 257 Å². The summed E-state index contributed by atoms with van der Waals surface area (Å²) in [5.74, 6) is 0.936. The minimum atomic E-state index is -1.26. The normalized spacial score (nSPS) is 19.0. The van der Waals surface area contributed by atoms with Crippen LogP contribution in [-0.4, -0.2) is 41.4 Å². The van der Waals surface area contributed by atoms with Crippen molar-refractivity contribution < 1.29 is 8.60 Å². The van der Waals surface area contributed by atoms with E-state index in [1.54, 1.807) is 25.4 Å². The highest BCUT2D eigenvalue weighted by molar-refractivity contribution is 7.99. The van der Waals surface area contributed by atoms with Gasteiger partial charge in [-0.1, -0.05) is 29.4 Å². The highest BCUT2D eigenvalue weighted by atomic mass is 35.5. The molecular formula is C30H35ClFN7OS2. The lowest BCUT2D eigenvalue weighted by molar-refractivity contribution is 0.176. The molecule has 6 rings (SSSR count). The number of nitrogens with two attached hydrogens (primary N) is 1. The topological polar surface area (TPSA) is 101 Å². The summed E-state index contributed by atoms with van der Waals surface area (Å²) in [4.78, 5) is 17.8. The third-order valence-corrected chi connectivity index (χ3v) is 11.8. The second-order valence-corrected chi connectivity index (χ2v) is 15.7. The first-order valence-electron chi connectivity index (χ1n) is 14.0. The van der Waals surface area contributed by atoms with Gasteiger partial charge in [0, 0.05) is 36.6 Å². The van der Waals surface area contributed by atoms with Crippen LogP contribution in [0.5, 0.6) is 0 Å². The molecule has 0 bridgehead atoms. The van der Waals surface area contributed by atoms with Crippen molar-refractivity contribution in [2.24, 2.45) is 5.41 Å². The third-order valence-electron chi connectivity index (χ3n) is 8.46. The SMILES string of the molecule is Cc1cc2c(cc1F)CC1(CCN(c3nc(C)c(Sc4ccnc(N)c4Cl)c4nccn34)CC1)[C@@H]2NS(=O)C(C)(C)C. The molecule has 4 heterocycles. The lowest BCUT2D eigenvalue weighted by atomic mass is 9.73. The number of nitrogens with one attached hydrogen (secondary N) is 1. The van der Waals surface area contributed by atoms with Crippen LogP contribution in [0.4, 0.5) is 16.2 Å². The molecule has 1 unspecified atom stereocenters. The number of fused-ring (bicyclic) bond motifs is 2. The summed E-state index contributed by atoms with van der Waals surface area (Å²) in [5, 5.41) is 0.417. The van der Waals surface area contributed by atoms with Gasteiger partial charge in [0.2, 0.25) is 5.95 Å². The Morgan fingerprint density at radius 1 is 1.19 bits per heavy atom. The Bertz CT molecular complexity index is 1710. The van der Waals surface area contributed by atoms with E-state index in [9.17, 15) is 8.60 Å². The summed E-state index contributed by atoms with van der Waals surface area (Å²) in [7, 11) is -1.26. The molecule has 0 radical (unpaired) electrons. The predicted octanol–water partition coefficient (Wildman–Crippen LogP) is 6.20. The number of benzene rings is 1. The van der Waals surface area contributed by atoms with Gasteiger partial charge in [0.05, 0.1) is 37.4 Å². The first-order valence-corrected chi connectivity index (χ1v) is 16.4. The molecule has 2 atom stereocenters. The molecule has 4 aromatic rings. The van der Waals surface area contributed by atoms with E-state index in [1.807, 2.05) is 50.4 Å². The van der Waals surface area contributed by atoms with E-state index in [1.165, 1.54) is 11.8 Å². The van der Waals surface area contributed by atoms with Crippen molar-refractivity contribution in [1.82, 2.24) is 24.1 Å². The van der Waals surface area contributed by atoms with Crippen LogP contribution in [0.2, 0.25) is 5.02 Å². The molecule has 12 heteroatoms. The van der Waals surface area contributed by atoms with Gasteiger partial charge in [-0.05, 0) is 88.1 Å². The fraction of sp³-hybridized carbons (Fsp3) is 0.433. The molecule has 3 N–H and O–H groups in total. The van der Waals surface area contributed by atoms with E-state index in [0.717, 1.165) is 70.6 Å². The van der Waals surface area contributed by atoms with Gasteiger partial charge in [-0.15, -0.1) is 0 Å². The number of hydrogen-bond donors (Lipinski definition) is 2. The number of halogens is 2. The molecule has 3 aromatic heterocycles. The first-order chi connectivity index (χ1) is 19.9. The van der Waals surface area contributed by atoms with Crippen molar-refractivity contribution >= 4 is 51.8 Å². The van der Waals surface area contributed by atoms with Gasteiger partial charge >= 0.3 is 0 Å². The average Bonchev–Trinajstić information content (AvgIpc) is 3.52. The zero-order valence-electron chi connectivity index (χ0n) is 24.4. The number of nitrogen functional groups attached to an aromatic ring is 1. The van der Waals surface area contributed by atoms with E-state index < -0.39 is 15.7 Å². The van der Waals surface area contributed by atoms with Crippen LogP contribution in [-0.2, 0) is 17.4 Å². The maximum absolute atomic E-state index is 14.6. The zero-order valence-corrected chi connectivity index (χ0v) is 26.8. The molecular weight excluding hydrogens is 593 g/mol. The Kier molecular flexibility index (Phi) is 7.52. The molecule has 1 aliphatic heterocycles. The zero-order chi connectivity index (χ0) is 30.0. The van der Waals surface area contributed by atoms with E-state index >= 15 is 0 Å². The fourth-order valence-electron chi connectivity index (χ4n) is 6.09. The second-order valence-electron chi connectivity index (χ2n) is 12.3. The second kappa shape index (κ2) is 10.8. The van der Waals surface area contributed by atoms with Gasteiger partial charge in [0.25, 0.3) is 0 Å². The van der Waals surface area contributed by atoms with E-state index in [-0.39, 0.29) is 23.1 Å². The molecule has 222 valence electrons. The summed E-state index contributed by atoms with van der Waals surface area (Å²) < 4.78 is 33.1. The molecule has 0 amide bonds. The molecule has 8 nitrogen and oxygen atoms in total. The van der Waals surface area contributed by atoms with Crippen molar-refractivity contribution in [2.75, 3.05) is 23.7 Å². The van der Waals surface area contributed by atoms with Crippen LogP contribution >= 0.6 is 23.4 Å². The largest absolute Gasteiger partial charge is 0.382 e. The van der Waals surface area contributed by atoms with E-state index in [0.29, 0.717) is 10.6 Å². The highest BCUT2D eigenvalue weighted by Crippen LogP contribution is 2.53. The summed E-state index contributed by atoms with van der Waals surface area (Å²) in [6.45, 7) is 11.2. The summed E-state index contributed by atoms with van der Waals surface area (Å²) in [6.07, 6.45) is 7.81. The molecule has 1 fully saturated rings. The van der Waals surface area contributed by atoms with Gasteiger partial charge in [-0.25, -0.2) is 28.3 Å². The number of aromatic nitrogens is 4. The molecule has 1 aliphatic carbocycles. The Morgan fingerprint density at radius 3 is 2.64 bits per heavy atom. The van der Waals surface area contributed by atoms with Gasteiger partial charge in [-0.2, -0.15) is 0 Å². The molecule has 1 spiro atoms. The molecule has 42 heavy (non-hydrogen) atoms. The van der Waals surface area contributed by atoms with Crippen LogP contribution in [0, 0.1) is 25.1 Å². The van der Waals surface area contributed by atoms with Crippen molar-refractivity contribution in [1.29, 1.82) is 0 Å².